The van der Waals surface area contributed by atoms with E-state index in [4.69, 9.17) is 0 Å². The van der Waals surface area contributed by atoms with Crippen molar-refractivity contribution in [2.24, 2.45) is 0 Å². The zero-order valence-corrected chi connectivity index (χ0v) is 13.6. The molecule has 1 saturated heterocycles. The zero-order chi connectivity index (χ0) is 15.5. The van der Waals surface area contributed by atoms with Gasteiger partial charge in [-0.2, -0.15) is 5.10 Å². The molecule has 0 bridgehead atoms. The molecule has 8 heteroatoms. The number of carbonyl (C=O) groups is 1. The number of anilines is 1. The van der Waals surface area contributed by atoms with E-state index >= 15 is 0 Å². The van der Waals surface area contributed by atoms with Crippen LogP contribution in [0.4, 0.5) is 5.13 Å². The first-order valence-corrected chi connectivity index (χ1v) is 8.32. The van der Waals surface area contributed by atoms with E-state index in [1.165, 1.54) is 0 Å². The number of nitrogens with zero attached hydrogens (tertiary/aromatic N) is 4. The number of aromatic amines is 1. The third-order valence-electron chi connectivity index (χ3n) is 3.75. The Kier molecular flexibility index (Phi) is 4.37. The average Bonchev–Trinajstić information content (AvgIpc) is 3.08. The highest BCUT2D eigenvalue weighted by atomic mass is 32.1. The number of aromatic nitrogens is 4. The van der Waals surface area contributed by atoms with Gasteiger partial charge in [-0.3, -0.25) is 9.89 Å². The Balaban J connectivity index is 1.47. The Bertz CT molecular complexity index is 643. The van der Waals surface area contributed by atoms with Gasteiger partial charge in [0.15, 0.2) is 11.0 Å². The lowest BCUT2D eigenvalue weighted by atomic mass is 10.0. The molecule has 22 heavy (non-hydrogen) atoms. The molecule has 118 valence electrons. The number of thiazole rings is 1. The molecule has 0 spiro atoms. The molecule has 2 N–H and O–H groups in total. The summed E-state index contributed by atoms with van der Waals surface area (Å²) in [5.74, 6) is 1.41. The molecule has 1 aliphatic heterocycles. The lowest BCUT2D eigenvalue weighted by Gasteiger charge is -2.32. The normalized spacial score (nSPS) is 16.0. The number of carbonyl (C=O) groups excluding carboxylic acids is 1. The molecule has 1 aliphatic rings. The summed E-state index contributed by atoms with van der Waals surface area (Å²) in [5, 5.41) is 13.3. The Morgan fingerprint density at radius 3 is 2.77 bits per heavy atom. The molecular weight excluding hydrogens is 300 g/mol. The van der Waals surface area contributed by atoms with Crippen molar-refractivity contribution < 1.29 is 4.79 Å². The molecule has 2 aromatic heterocycles. The molecule has 7 nitrogen and oxygen atoms in total. The molecule has 0 unspecified atom stereocenters. The van der Waals surface area contributed by atoms with Crippen LogP contribution in [0.25, 0.3) is 0 Å². The molecule has 3 heterocycles. The van der Waals surface area contributed by atoms with Crippen molar-refractivity contribution in [1.82, 2.24) is 25.1 Å². The second kappa shape index (κ2) is 6.43. The summed E-state index contributed by atoms with van der Waals surface area (Å²) in [6, 6.07) is 0.389. The molecule has 0 saturated carbocycles. The van der Waals surface area contributed by atoms with Crippen LogP contribution in [0.5, 0.6) is 0 Å². The first-order chi connectivity index (χ1) is 10.6. The Morgan fingerprint density at radius 1 is 1.41 bits per heavy atom. The van der Waals surface area contributed by atoms with E-state index in [2.05, 4.69) is 25.5 Å². The molecule has 0 aromatic carbocycles. The van der Waals surface area contributed by atoms with E-state index in [-0.39, 0.29) is 12.3 Å². The average molecular weight is 320 g/mol. The highest BCUT2D eigenvalue weighted by molar-refractivity contribution is 7.13. The van der Waals surface area contributed by atoms with Gasteiger partial charge in [0.1, 0.15) is 5.82 Å². The standard InChI is InChI=1S/C14H20N6OS/c1-9-8-22-14(15-9)17-11-3-5-20(6-4-11)13(21)7-12-16-10(2)18-19-12/h8,11H,3-7H2,1-2H3,(H,15,17)(H,16,18,19). The number of amides is 1. The SMILES string of the molecule is Cc1csc(NC2CCN(C(=O)Cc3n[nH]c(C)n3)CC2)n1. The van der Waals surface area contributed by atoms with Crippen LogP contribution in [0.15, 0.2) is 5.38 Å². The van der Waals surface area contributed by atoms with E-state index in [1.807, 2.05) is 24.1 Å². The van der Waals surface area contributed by atoms with Crippen LogP contribution in [0.3, 0.4) is 0 Å². The predicted octanol–water partition coefficient (Wildman–Crippen LogP) is 1.52. The Labute approximate surface area is 133 Å². The van der Waals surface area contributed by atoms with E-state index < -0.39 is 0 Å². The van der Waals surface area contributed by atoms with Gasteiger partial charge in [-0.05, 0) is 26.7 Å². The third kappa shape index (κ3) is 3.62. The number of likely N-dealkylation sites (tertiary alicyclic amines) is 1. The molecule has 0 atom stereocenters. The highest BCUT2D eigenvalue weighted by Gasteiger charge is 2.24. The second-order valence-corrected chi connectivity index (χ2v) is 6.47. The van der Waals surface area contributed by atoms with Crippen LogP contribution in [-0.2, 0) is 11.2 Å². The van der Waals surface area contributed by atoms with Gasteiger partial charge in [-0.1, -0.05) is 0 Å². The van der Waals surface area contributed by atoms with Gasteiger partial charge in [-0.25, -0.2) is 9.97 Å². The number of nitrogens with one attached hydrogen (secondary N) is 2. The van der Waals surface area contributed by atoms with Gasteiger partial charge >= 0.3 is 0 Å². The Morgan fingerprint density at radius 2 is 2.18 bits per heavy atom. The predicted molar refractivity (Wildman–Crippen MR) is 84.9 cm³/mol. The van der Waals surface area contributed by atoms with Gasteiger partial charge in [0, 0.05) is 24.5 Å². The maximum absolute atomic E-state index is 12.2. The molecule has 3 rings (SSSR count). The van der Waals surface area contributed by atoms with E-state index in [1.54, 1.807) is 11.3 Å². The van der Waals surface area contributed by atoms with Crippen molar-refractivity contribution in [3.8, 4) is 0 Å². The number of aryl methyl sites for hydroxylation is 2. The van der Waals surface area contributed by atoms with Crippen LogP contribution in [0.1, 0.15) is 30.2 Å². The number of hydrogen-bond acceptors (Lipinski definition) is 6. The topological polar surface area (TPSA) is 86.8 Å². The number of rotatable bonds is 4. The van der Waals surface area contributed by atoms with Gasteiger partial charge < -0.3 is 10.2 Å². The summed E-state index contributed by atoms with van der Waals surface area (Å²) in [6.45, 7) is 5.36. The minimum atomic E-state index is 0.0996. The lowest BCUT2D eigenvalue weighted by Crippen LogP contribution is -2.43. The van der Waals surface area contributed by atoms with Crippen molar-refractivity contribution >= 4 is 22.4 Å². The molecule has 0 radical (unpaired) electrons. The minimum absolute atomic E-state index is 0.0996. The molecular formula is C14H20N6OS. The first kappa shape index (κ1) is 15.0. The Hall–Kier alpha value is -1.96. The van der Waals surface area contributed by atoms with Crippen LogP contribution >= 0.6 is 11.3 Å². The summed E-state index contributed by atoms with van der Waals surface area (Å²) in [7, 11) is 0. The summed E-state index contributed by atoms with van der Waals surface area (Å²) in [4.78, 5) is 22.8. The van der Waals surface area contributed by atoms with Crippen LogP contribution in [0.2, 0.25) is 0 Å². The zero-order valence-electron chi connectivity index (χ0n) is 12.8. The second-order valence-electron chi connectivity index (χ2n) is 5.61. The number of hydrogen-bond donors (Lipinski definition) is 2. The molecule has 2 aromatic rings. The summed E-state index contributed by atoms with van der Waals surface area (Å²) < 4.78 is 0. The van der Waals surface area contributed by atoms with Crippen LogP contribution < -0.4 is 5.32 Å². The van der Waals surface area contributed by atoms with Gasteiger partial charge in [0.05, 0.1) is 12.1 Å². The van der Waals surface area contributed by atoms with E-state index in [9.17, 15) is 4.79 Å². The summed E-state index contributed by atoms with van der Waals surface area (Å²) in [5.41, 5.74) is 1.04. The van der Waals surface area contributed by atoms with Crippen molar-refractivity contribution in [2.75, 3.05) is 18.4 Å². The van der Waals surface area contributed by atoms with Crippen molar-refractivity contribution in [3.05, 3.63) is 22.7 Å². The van der Waals surface area contributed by atoms with Crippen molar-refractivity contribution in [1.29, 1.82) is 0 Å². The van der Waals surface area contributed by atoms with Crippen LogP contribution in [0, 0.1) is 13.8 Å². The maximum atomic E-state index is 12.2. The summed E-state index contributed by atoms with van der Waals surface area (Å²) in [6.07, 6.45) is 2.16. The quantitative estimate of drug-likeness (QED) is 0.892. The molecule has 0 aliphatic carbocycles. The smallest absolute Gasteiger partial charge is 0.230 e. The largest absolute Gasteiger partial charge is 0.359 e. The monoisotopic (exact) mass is 320 g/mol. The van der Waals surface area contributed by atoms with Gasteiger partial charge in [0.25, 0.3) is 0 Å². The van der Waals surface area contributed by atoms with Gasteiger partial charge in [-0.15, -0.1) is 11.3 Å². The van der Waals surface area contributed by atoms with E-state index in [0.29, 0.717) is 11.9 Å². The fourth-order valence-electron chi connectivity index (χ4n) is 2.58. The number of H-pyrrole nitrogens is 1. The maximum Gasteiger partial charge on any atom is 0.230 e. The van der Waals surface area contributed by atoms with E-state index in [0.717, 1.165) is 42.6 Å². The third-order valence-corrected chi connectivity index (χ3v) is 4.64. The highest BCUT2D eigenvalue weighted by Crippen LogP contribution is 2.20. The van der Waals surface area contributed by atoms with Crippen molar-refractivity contribution in [2.45, 2.75) is 39.2 Å². The lowest BCUT2D eigenvalue weighted by molar-refractivity contribution is -0.131. The fraction of sp³-hybridized carbons (Fsp3) is 0.571. The number of piperidine rings is 1. The van der Waals surface area contributed by atoms with Crippen LogP contribution in [-0.4, -0.2) is 50.1 Å². The molecule has 1 amide bonds. The summed E-state index contributed by atoms with van der Waals surface area (Å²) >= 11 is 1.63. The van der Waals surface area contributed by atoms with Gasteiger partial charge in [0.2, 0.25) is 5.91 Å². The fourth-order valence-corrected chi connectivity index (χ4v) is 3.35. The minimum Gasteiger partial charge on any atom is -0.359 e. The molecule has 1 fully saturated rings. The first-order valence-electron chi connectivity index (χ1n) is 7.44. The van der Waals surface area contributed by atoms with Crippen molar-refractivity contribution in [3.63, 3.8) is 0 Å².